The average molecular weight is 367 g/mol. The summed E-state index contributed by atoms with van der Waals surface area (Å²) < 4.78 is 3.43. The van der Waals surface area contributed by atoms with E-state index < -0.39 is 0 Å². The Kier molecular flexibility index (Phi) is 5.25. The minimum Gasteiger partial charge on any atom is -0.334 e. The van der Waals surface area contributed by atoms with E-state index in [0.29, 0.717) is 12.4 Å². The molecule has 2 aromatic heterocycles. The fraction of sp³-hybridized carbons (Fsp3) is 0.368. The molecule has 0 unspecified atom stereocenters. The van der Waals surface area contributed by atoms with Crippen LogP contribution < -0.4 is 10.6 Å². The van der Waals surface area contributed by atoms with Gasteiger partial charge < -0.3 is 5.32 Å². The molecule has 0 fully saturated rings. The summed E-state index contributed by atoms with van der Waals surface area (Å²) in [6.07, 6.45) is 3.09. The van der Waals surface area contributed by atoms with E-state index in [4.69, 9.17) is 5.10 Å². The Morgan fingerprint density at radius 1 is 1.22 bits per heavy atom. The standard InChI is InChI=1S/C19H25N7O/c1-14(11-25-13-20-12-21-25)22-18(27)23-17-10-16(19(2,3)4)24-26(17)15-8-6-5-7-9-15/h5-10,12-14H,11H2,1-4H3,(H2,22,23,27)/t14-/m1/s1. The van der Waals surface area contributed by atoms with Crippen LogP contribution >= 0.6 is 0 Å². The smallest absolute Gasteiger partial charge is 0.320 e. The van der Waals surface area contributed by atoms with E-state index in [1.165, 1.54) is 6.33 Å². The Bertz CT molecular complexity index is 879. The molecular weight excluding hydrogens is 342 g/mol. The maximum Gasteiger partial charge on any atom is 0.320 e. The molecule has 2 N–H and O–H groups in total. The molecule has 0 aliphatic heterocycles. The molecule has 0 aliphatic rings. The first-order valence-electron chi connectivity index (χ1n) is 8.89. The van der Waals surface area contributed by atoms with Crippen molar-refractivity contribution in [3.8, 4) is 5.69 Å². The third-order valence-corrected chi connectivity index (χ3v) is 4.03. The first-order valence-corrected chi connectivity index (χ1v) is 8.89. The molecule has 0 bridgehead atoms. The third-order valence-electron chi connectivity index (χ3n) is 4.03. The fourth-order valence-corrected chi connectivity index (χ4v) is 2.63. The maximum absolute atomic E-state index is 12.5. The van der Waals surface area contributed by atoms with Crippen molar-refractivity contribution in [3.05, 3.63) is 54.7 Å². The summed E-state index contributed by atoms with van der Waals surface area (Å²) >= 11 is 0. The SMILES string of the molecule is C[C@H](Cn1cncn1)NC(=O)Nc1cc(C(C)(C)C)nn1-c1ccccc1. The van der Waals surface area contributed by atoms with E-state index in [2.05, 4.69) is 41.5 Å². The first-order chi connectivity index (χ1) is 12.8. The molecule has 1 atom stereocenters. The monoisotopic (exact) mass is 367 g/mol. The summed E-state index contributed by atoms with van der Waals surface area (Å²) in [6.45, 7) is 8.73. The number of amides is 2. The second-order valence-electron chi connectivity index (χ2n) is 7.53. The van der Waals surface area contributed by atoms with Crippen molar-refractivity contribution in [2.45, 2.75) is 45.7 Å². The lowest BCUT2D eigenvalue weighted by Gasteiger charge is -2.15. The number of carbonyl (C=O) groups is 1. The number of aromatic nitrogens is 5. The number of para-hydroxylation sites is 1. The molecule has 0 radical (unpaired) electrons. The van der Waals surface area contributed by atoms with Crippen LogP contribution in [0.1, 0.15) is 33.4 Å². The number of benzene rings is 1. The second kappa shape index (κ2) is 7.61. The molecule has 3 aromatic rings. The predicted octanol–water partition coefficient (Wildman–Crippen LogP) is 2.97. The lowest BCUT2D eigenvalue weighted by Crippen LogP contribution is -2.39. The van der Waals surface area contributed by atoms with Crippen LogP contribution in [0.2, 0.25) is 0 Å². The Labute approximate surface area is 158 Å². The third kappa shape index (κ3) is 4.72. The van der Waals surface area contributed by atoms with Gasteiger partial charge in [0, 0.05) is 17.5 Å². The maximum atomic E-state index is 12.5. The largest absolute Gasteiger partial charge is 0.334 e. The Morgan fingerprint density at radius 2 is 1.96 bits per heavy atom. The van der Waals surface area contributed by atoms with Gasteiger partial charge >= 0.3 is 6.03 Å². The van der Waals surface area contributed by atoms with Gasteiger partial charge in [-0.25, -0.2) is 14.5 Å². The molecule has 0 spiro atoms. The van der Waals surface area contributed by atoms with Gasteiger partial charge in [0.25, 0.3) is 0 Å². The van der Waals surface area contributed by atoms with E-state index in [0.717, 1.165) is 11.4 Å². The highest BCUT2D eigenvalue weighted by molar-refractivity contribution is 5.89. The first kappa shape index (κ1) is 18.6. The Balaban J connectivity index is 1.76. The van der Waals surface area contributed by atoms with E-state index in [9.17, 15) is 4.79 Å². The summed E-state index contributed by atoms with van der Waals surface area (Å²) in [5.74, 6) is 0.622. The van der Waals surface area contributed by atoms with Gasteiger partial charge in [-0.3, -0.25) is 10.00 Å². The van der Waals surface area contributed by atoms with Crippen molar-refractivity contribution in [1.82, 2.24) is 29.9 Å². The van der Waals surface area contributed by atoms with Crippen LogP contribution in [0, 0.1) is 0 Å². The normalized spacial score (nSPS) is 12.6. The zero-order valence-electron chi connectivity index (χ0n) is 16.0. The molecule has 142 valence electrons. The van der Waals surface area contributed by atoms with Crippen molar-refractivity contribution in [1.29, 1.82) is 0 Å². The van der Waals surface area contributed by atoms with Crippen LogP contribution in [0.3, 0.4) is 0 Å². The van der Waals surface area contributed by atoms with Crippen LogP contribution in [0.4, 0.5) is 10.6 Å². The highest BCUT2D eigenvalue weighted by Crippen LogP contribution is 2.26. The number of urea groups is 1. The van der Waals surface area contributed by atoms with E-state index in [1.54, 1.807) is 15.7 Å². The predicted molar refractivity (Wildman–Crippen MR) is 104 cm³/mol. The van der Waals surface area contributed by atoms with Crippen molar-refractivity contribution in [3.63, 3.8) is 0 Å². The number of carbonyl (C=O) groups excluding carboxylic acids is 1. The number of nitrogens with one attached hydrogen (secondary N) is 2. The molecule has 0 saturated carbocycles. The topological polar surface area (TPSA) is 89.7 Å². The number of anilines is 1. The van der Waals surface area contributed by atoms with Gasteiger partial charge in [0.05, 0.1) is 17.9 Å². The Hall–Kier alpha value is -3.16. The van der Waals surface area contributed by atoms with Crippen LogP contribution in [-0.2, 0) is 12.0 Å². The summed E-state index contributed by atoms with van der Waals surface area (Å²) in [4.78, 5) is 16.4. The fourth-order valence-electron chi connectivity index (χ4n) is 2.63. The number of rotatable bonds is 5. The second-order valence-corrected chi connectivity index (χ2v) is 7.53. The molecule has 8 heteroatoms. The quantitative estimate of drug-likeness (QED) is 0.725. The number of nitrogens with zero attached hydrogens (tertiary/aromatic N) is 5. The van der Waals surface area contributed by atoms with Crippen molar-refractivity contribution in [2.75, 3.05) is 5.32 Å². The minimum absolute atomic E-state index is 0.109. The highest BCUT2D eigenvalue weighted by Gasteiger charge is 2.21. The molecule has 1 aromatic carbocycles. The van der Waals surface area contributed by atoms with Crippen molar-refractivity contribution in [2.24, 2.45) is 0 Å². The highest BCUT2D eigenvalue weighted by atomic mass is 16.2. The van der Waals surface area contributed by atoms with E-state index >= 15 is 0 Å². The minimum atomic E-state index is -0.292. The van der Waals surface area contributed by atoms with E-state index in [1.807, 2.05) is 43.3 Å². The molecule has 27 heavy (non-hydrogen) atoms. The molecule has 2 heterocycles. The van der Waals surface area contributed by atoms with Gasteiger partial charge in [-0.2, -0.15) is 10.2 Å². The van der Waals surface area contributed by atoms with Crippen LogP contribution in [-0.4, -0.2) is 36.6 Å². The Morgan fingerprint density at radius 3 is 2.59 bits per heavy atom. The molecule has 8 nitrogen and oxygen atoms in total. The summed E-state index contributed by atoms with van der Waals surface area (Å²) in [7, 11) is 0. The summed E-state index contributed by atoms with van der Waals surface area (Å²) in [6, 6.07) is 11.3. The van der Waals surface area contributed by atoms with Crippen LogP contribution in [0.15, 0.2) is 49.1 Å². The molecule has 2 amide bonds. The average Bonchev–Trinajstić information content (AvgIpc) is 3.24. The van der Waals surface area contributed by atoms with Gasteiger partial charge in [-0.05, 0) is 19.1 Å². The van der Waals surface area contributed by atoms with Crippen molar-refractivity contribution >= 4 is 11.8 Å². The molecule has 0 aliphatic carbocycles. The number of hydrogen-bond acceptors (Lipinski definition) is 4. The van der Waals surface area contributed by atoms with Gasteiger partial charge in [-0.1, -0.05) is 39.0 Å². The number of hydrogen-bond donors (Lipinski definition) is 2. The van der Waals surface area contributed by atoms with Crippen LogP contribution in [0.25, 0.3) is 5.69 Å². The zero-order valence-corrected chi connectivity index (χ0v) is 16.0. The van der Waals surface area contributed by atoms with Gasteiger partial charge in [0.15, 0.2) is 0 Å². The van der Waals surface area contributed by atoms with Gasteiger partial charge in [0.1, 0.15) is 18.5 Å². The zero-order chi connectivity index (χ0) is 19.4. The summed E-state index contributed by atoms with van der Waals surface area (Å²) in [5, 5.41) is 14.6. The molecular formula is C19H25N7O. The van der Waals surface area contributed by atoms with Gasteiger partial charge in [0.2, 0.25) is 0 Å². The van der Waals surface area contributed by atoms with Crippen LogP contribution in [0.5, 0.6) is 0 Å². The van der Waals surface area contributed by atoms with Gasteiger partial charge in [-0.15, -0.1) is 0 Å². The lowest BCUT2D eigenvalue weighted by atomic mass is 9.92. The summed E-state index contributed by atoms with van der Waals surface area (Å²) in [5.41, 5.74) is 1.66. The molecule has 0 saturated heterocycles. The lowest BCUT2D eigenvalue weighted by molar-refractivity contribution is 0.247. The molecule has 3 rings (SSSR count). The van der Waals surface area contributed by atoms with Crippen molar-refractivity contribution < 1.29 is 4.79 Å². The van der Waals surface area contributed by atoms with E-state index in [-0.39, 0.29) is 17.5 Å².